The Morgan fingerprint density at radius 3 is 2.50 bits per heavy atom. The standard InChI is InChI=1S/C12H14N4O3S/c13-9-3-8(4-10(14)5-9)12-15-11(16-19-12)7-1-2-20(17,18)6-7/h3-5,7H,1-2,6,13-14H2. The summed E-state index contributed by atoms with van der Waals surface area (Å²) in [6, 6.07) is 4.99. The normalized spacial score (nSPS) is 21.1. The highest BCUT2D eigenvalue weighted by Crippen LogP contribution is 2.29. The van der Waals surface area contributed by atoms with Gasteiger partial charge in [0.1, 0.15) is 0 Å². The Labute approximate surface area is 115 Å². The SMILES string of the molecule is Nc1cc(N)cc(-c2nc(C3CCS(=O)(=O)C3)no2)c1. The van der Waals surface area contributed by atoms with Gasteiger partial charge in [0, 0.05) is 22.9 Å². The quantitative estimate of drug-likeness (QED) is 0.785. The number of aromatic nitrogens is 2. The number of benzene rings is 1. The third-order valence-corrected chi connectivity index (χ3v) is 5.03. The van der Waals surface area contributed by atoms with Gasteiger partial charge in [-0.3, -0.25) is 0 Å². The van der Waals surface area contributed by atoms with Gasteiger partial charge in [-0.15, -0.1) is 0 Å². The molecule has 1 aliphatic heterocycles. The van der Waals surface area contributed by atoms with E-state index in [1.807, 2.05) is 0 Å². The lowest BCUT2D eigenvalue weighted by molar-refractivity contribution is 0.418. The second-order valence-corrected chi connectivity index (χ2v) is 7.17. The third-order valence-electron chi connectivity index (χ3n) is 3.26. The van der Waals surface area contributed by atoms with Crippen LogP contribution in [0.1, 0.15) is 18.2 Å². The van der Waals surface area contributed by atoms with E-state index in [0.29, 0.717) is 35.1 Å². The van der Waals surface area contributed by atoms with Gasteiger partial charge in [0.2, 0.25) is 0 Å². The molecule has 0 amide bonds. The number of anilines is 2. The molecule has 3 rings (SSSR count). The second-order valence-electron chi connectivity index (χ2n) is 4.95. The molecule has 0 spiro atoms. The first-order valence-corrected chi connectivity index (χ1v) is 7.95. The lowest BCUT2D eigenvalue weighted by Crippen LogP contribution is -2.05. The Morgan fingerprint density at radius 2 is 1.90 bits per heavy atom. The first-order valence-electron chi connectivity index (χ1n) is 6.13. The summed E-state index contributed by atoms with van der Waals surface area (Å²) in [7, 11) is -2.97. The van der Waals surface area contributed by atoms with Gasteiger partial charge in [-0.2, -0.15) is 4.98 Å². The second kappa shape index (κ2) is 4.48. The largest absolute Gasteiger partial charge is 0.399 e. The molecule has 7 nitrogen and oxygen atoms in total. The molecular formula is C12H14N4O3S. The van der Waals surface area contributed by atoms with Gasteiger partial charge < -0.3 is 16.0 Å². The number of nitrogens with two attached hydrogens (primary N) is 2. The molecular weight excluding hydrogens is 280 g/mol. The van der Waals surface area contributed by atoms with Crippen molar-refractivity contribution >= 4 is 21.2 Å². The zero-order valence-electron chi connectivity index (χ0n) is 10.6. The van der Waals surface area contributed by atoms with Crippen molar-refractivity contribution in [2.45, 2.75) is 12.3 Å². The predicted octanol–water partition coefficient (Wildman–Crippen LogP) is 0.803. The maximum atomic E-state index is 11.5. The van der Waals surface area contributed by atoms with E-state index in [1.54, 1.807) is 18.2 Å². The molecule has 0 radical (unpaired) electrons. The molecule has 1 aromatic heterocycles. The molecule has 0 aliphatic carbocycles. The van der Waals surface area contributed by atoms with Crippen molar-refractivity contribution in [3.05, 3.63) is 24.0 Å². The van der Waals surface area contributed by atoms with Crippen molar-refractivity contribution in [3.63, 3.8) is 0 Å². The fraction of sp³-hybridized carbons (Fsp3) is 0.333. The van der Waals surface area contributed by atoms with Gasteiger partial charge in [-0.1, -0.05) is 5.16 Å². The van der Waals surface area contributed by atoms with Crippen LogP contribution in [0.4, 0.5) is 11.4 Å². The molecule has 8 heteroatoms. The lowest BCUT2D eigenvalue weighted by atomic mass is 10.1. The minimum absolute atomic E-state index is 0.0744. The van der Waals surface area contributed by atoms with Crippen LogP contribution in [-0.2, 0) is 9.84 Å². The molecule has 1 fully saturated rings. The van der Waals surface area contributed by atoms with Crippen molar-refractivity contribution in [1.82, 2.24) is 10.1 Å². The number of hydrogen-bond acceptors (Lipinski definition) is 7. The Kier molecular flexibility index (Phi) is 2.89. The summed E-state index contributed by atoms with van der Waals surface area (Å²) in [6.07, 6.45) is 0.528. The highest BCUT2D eigenvalue weighted by atomic mass is 32.2. The van der Waals surface area contributed by atoms with E-state index >= 15 is 0 Å². The van der Waals surface area contributed by atoms with Crippen LogP contribution in [0.25, 0.3) is 11.5 Å². The molecule has 106 valence electrons. The molecule has 1 atom stereocenters. The van der Waals surface area contributed by atoms with E-state index in [4.69, 9.17) is 16.0 Å². The average molecular weight is 294 g/mol. The molecule has 0 bridgehead atoms. The minimum Gasteiger partial charge on any atom is -0.399 e. The molecule has 1 unspecified atom stereocenters. The van der Waals surface area contributed by atoms with E-state index in [9.17, 15) is 8.42 Å². The highest BCUT2D eigenvalue weighted by molar-refractivity contribution is 7.91. The molecule has 1 aromatic carbocycles. The molecule has 1 aliphatic rings. The molecule has 0 saturated carbocycles. The average Bonchev–Trinajstić information content (AvgIpc) is 2.94. The van der Waals surface area contributed by atoms with Gasteiger partial charge in [-0.05, 0) is 24.6 Å². The minimum atomic E-state index is -2.97. The Bertz CT molecular complexity index is 734. The van der Waals surface area contributed by atoms with Crippen molar-refractivity contribution < 1.29 is 12.9 Å². The molecule has 4 N–H and O–H groups in total. The Balaban J connectivity index is 1.90. The van der Waals surface area contributed by atoms with E-state index in [1.165, 1.54) is 0 Å². The van der Waals surface area contributed by atoms with Crippen LogP contribution in [0.2, 0.25) is 0 Å². The predicted molar refractivity (Wildman–Crippen MR) is 74.6 cm³/mol. The fourth-order valence-corrected chi connectivity index (χ4v) is 4.06. The smallest absolute Gasteiger partial charge is 0.258 e. The molecule has 20 heavy (non-hydrogen) atoms. The first-order chi connectivity index (χ1) is 9.43. The zero-order chi connectivity index (χ0) is 14.3. The third kappa shape index (κ3) is 2.46. The van der Waals surface area contributed by atoms with Crippen molar-refractivity contribution in [1.29, 1.82) is 0 Å². The summed E-state index contributed by atoms with van der Waals surface area (Å²) in [5, 5.41) is 3.87. The van der Waals surface area contributed by atoms with Crippen LogP contribution >= 0.6 is 0 Å². The van der Waals surface area contributed by atoms with Gasteiger partial charge in [0.25, 0.3) is 5.89 Å². The molecule has 2 heterocycles. The maximum absolute atomic E-state index is 11.5. The number of rotatable bonds is 2. The van der Waals surface area contributed by atoms with Crippen LogP contribution in [0.15, 0.2) is 22.7 Å². The summed E-state index contributed by atoms with van der Waals surface area (Å²) in [4.78, 5) is 4.26. The summed E-state index contributed by atoms with van der Waals surface area (Å²) in [5.41, 5.74) is 13.1. The van der Waals surface area contributed by atoms with Crippen LogP contribution in [0.3, 0.4) is 0 Å². The van der Waals surface area contributed by atoms with Gasteiger partial charge in [-0.25, -0.2) is 8.42 Å². The van der Waals surface area contributed by atoms with Crippen molar-refractivity contribution in [2.75, 3.05) is 23.0 Å². The van der Waals surface area contributed by atoms with Crippen LogP contribution in [0, 0.1) is 0 Å². The topological polar surface area (TPSA) is 125 Å². The van der Waals surface area contributed by atoms with Gasteiger partial charge >= 0.3 is 0 Å². The zero-order valence-corrected chi connectivity index (χ0v) is 11.4. The number of nitrogens with zero attached hydrogens (tertiary/aromatic N) is 2. The summed E-state index contributed by atoms with van der Waals surface area (Å²) >= 11 is 0. The van der Waals surface area contributed by atoms with Gasteiger partial charge in [0.15, 0.2) is 15.7 Å². The number of hydrogen-bond donors (Lipinski definition) is 2. The fourth-order valence-electron chi connectivity index (χ4n) is 2.32. The van der Waals surface area contributed by atoms with E-state index in [0.717, 1.165) is 0 Å². The monoisotopic (exact) mass is 294 g/mol. The van der Waals surface area contributed by atoms with Crippen LogP contribution < -0.4 is 11.5 Å². The molecule has 2 aromatic rings. The Morgan fingerprint density at radius 1 is 1.20 bits per heavy atom. The van der Waals surface area contributed by atoms with Crippen molar-refractivity contribution in [2.24, 2.45) is 0 Å². The highest BCUT2D eigenvalue weighted by Gasteiger charge is 2.32. The van der Waals surface area contributed by atoms with E-state index in [-0.39, 0.29) is 17.4 Å². The number of nitrogen functional groups attached to an aromatic ring is 2. The molecule has 1 saturated heterocycles. The van der Waals surface area contributed by atoms with Gasteiger partial charge in [0.05, 0.1) is 11.5 Å². The Hall–Kier alpha value is -2.09. The lowest BCUT2D eigenvalue weighted by Gasteiger charge is -2.00. The number of sulfone groups is 1. The van der Waals surface area contributed by atoms with Crippen molar-refractivity contribution in [3.8, 4) is 11.5 Å². The van der Waals surface area contributed by atoms with Crippen LogP contribution in [-0.4, -0.2) is 30.1 Å². The summed E-state index contributed by atoms with van der Waals surface area (Å²) in [6.45, 7) is 0. The van der Waals surface area contributed by atoms with Crippen LogP contribution in [0.5, 0.6) is 0 Å². The van der Waals surface area contributed by atoms with E-state index in [2.05, 4.69) is 10.1 Å². The maximum Gasteiger partial charge on any atom is 0.258 e. The van der Waals surface area contributed by atoms with E-state index < -0.39 is 9.84 Å². The first kappa shape index (κ1) is 12.9. The summed E-state index contributed by atoms with van der Waals surface area (Å²) < 4.78 is 28.1. The summed E-state index contributed by atoms with van der Waals surface area (Å²) in [5.74, 6) is 0.763.